The zero-order valence-electron chi connectivity index (χ0n) is 9.85. The number of rotatable bonds is 2. The minimum absolute atomic E-state index is 0.114. The summed E-state index contributed by atoms with van der Waals surface area (Å²) in [6, 6.07) is 10.1. The van der Waals surface area contributed by atoms with Gasteiger partial charge in [0.05, 0.1) is 0 Å². The van der Waals surface area contributed by atoms with Crippen molar-refractivity contribution in [3.05, 3.63) is 53.8 Å². The molecule has 0 aromatic heterocycles. The molecule has 3 N–H and O–H groups in total. The number of phenols is 1. The Morgan fingerprint density at radius 2 is 2.05 bits per heavy atom. The Labute approximate surface area is 108 Å². The predicted octanol–water partition coefficient (Wildman–Crippen LogP) is 2.64. The second-order valence-electron chi connectivity index (χ2n) is 4.35. The first-order valence-electron chi connectivity index (χ1n) is 5.79. The number of nitrogens with one attached hydrogen (secondary N) is 2. The summed E-state index contributed by atoms with van der Waals surface area (Å²) >= 11 is 0. The maximum atomic E-state index is 13.1. The van der Waals surface area contributed by atoms with Crippen LogP contribution >= 0.6 is 0 Å². The summed E-state index contributed by atoms with van der Waals surface area (Å²) < 4.78 is 13.1. The van der Waals surface area contributed by atoms with Crippen LogP contribution in [0.3, 0.4) is 0 Å². The Hall–Kier alpha value is -2.56. The number of amides is 1. The number of carbonyl (C=O) groups excluding carboxylic acids is 1. The molecule has 1 aliphatic rings. The first kappa shape index (κ1) is 11.5. The summed E-state index contributed by atoms with van der Waals surface area (Å²) in [7, 11) is 0. The van der Waals surface area contributed by atoms with Crippen molar-refractivity contribution < 1.29 is 14.3 Å². The molecule has 0 bridgehead atoms. The zero-order valence-corrected chi connectivity index (χ0v) is 9.85. The molecule has 3 rings (SSSR count). The highest BCUT2D eigenvalue weighted by Gasteiger charge is 2.30. The molecule has 19 heavy (non-hydrogen) atoms. The molecule has 1 aliphatic heterocycles. The number of halogens is 1. The minimum Gasteiger partial charge on any atom is -0.508 e. The highest BCUT2D eigenvalue weighted by molar-refractivity contribution is 6.04. The molecule has 2 aromatic carbocycles. The van der Waals surface area contributed by atoms with Crippen LogP contribution in [-0.4, -0.2) is 11.0 Å². The maximum absolute atomic E-state index is 13.1. The number of phenolic OH excluding ortho intramolecular Hbond substituents is 1. The van der Waals surface area contributed by atoms with Crippen LogP contribution < -0.4 is 10.6 Å². The molecular weight excluding hydrogens is 247 g/mol. The van der Waals surface area contributed by atoms with E-state index in [9.17, 15) is 14.3 Å². The second kappa shape index (κ2) is 4.28. The molecule has 0 radical (unpaired) electrons. The van der Waals surface area contributed by atoms with E-state index in [2.05, 4.69) is 10.6 Å². The quantitative estimate of drug-likeness (QED) is 0.776. The Morgan fingerprint density at radius 1 is 1.21 bits per heavy atom. The zero-order chi connectivity index (χ0) is 13.4. The largest absolute Gasteiger partial charge is 0.508 e. The topological polar surface area (TPSA) is 61.4 Å². The number of fused-ring (bicyclic) bond motifs is 1. The van der Waals surface area contributed by atoms with Crippen molar-refractivity contribution in [3.8, 4) is 5.75 Å². The van der Waals surface area contributed by atoms with E-state index in [1.807, 2.05) is 0 Å². The first-order chi connectivity index (χ1) is 9.13. The summed E-state index contributed by atoms with van der Waals surface area (Å²) in [4.78, 5) is 11.9. The van der Waals surface area contributed by atoms with Crippen LogP contribution in [0.25, 0.3) is 0 Å². The van der Waals surface area contributed by atoms with Crippen molar-refractivity contribution in [1.29, 1.82) is 0 Å². The molecule has 0 spiro atoms. The standard InChI is InChI=1S/C14H11FN2O2/c15-8-4-5-11-12(6-8)17-14(19)13(11)16-9-2-1-3-10(18)7-9/h1-7,13,16,18H,(H,17,19). The monoisotopic (exact) mass is 258 g/mol. The normalized spacial score (nSPS) is 16.9. The third-order valence-corrected chi connectivity index (χ3v) is 3.00. The maximum Gasteiger partial charge on any atom is 0.251 e. The smallest absolute Gasteiger partial charge is 0.251 e. The van der Waals surface area contributed by atoms with Gasteiger partial charge in [-0.3, -0.25) is 4.79 Å². The lowest BCUT2D eigenvalue weighted by Crippen LogP contribution is -2.19. The fourth-order valence-electron chi connectivity index (χ4n) is 2.14. The van der Waals surface area contributed by atoms with E-state index in [4.69, 9.17) is 0 Å². The molecule has 0 aliphatic carbocycles. The van der Waals surface area contributed by atoms with Crippen molar-refractivity contribution in [1.82, 2.24) is 0 Å². The van der Waals surface area contributed by atoms with Crippen LogP contribution in [0, 0.1) is 5.82 Å². The van der Waals surface area contributed by atoms with Crippen LogP contribution in [0.2, 0.25) is 0 Å². The van der Waals surface area contributed by atoms with E-state index < -0.39 is 11.9 Å². The van der Waals surface area contributed by atoms with Crippen molar-refractivity contribution in [2.24, 2.45) is 0 Å². The van der Waals surface area contributed by atoms with Gasteiger partial charge in [-0.2, -0.15) is 0 Å². The lowest BCUT2D eigenvalue weighted by Gasteiger charge is -2.13. The predicted molar refractivity (Wildman–Crippen MR) is 69.5 cm³/mol. The van der Waals surface area contributed by atoms with Crippen molar-refractivity contribution in [3.63, 3.8) is 0 Å². The highest BCUT2D eigenvalue weighted by Crippen LogP contribution is 2.34. The summed E-state index contributed by atoms with van der Waals surface area (Å²) in [5.74, 6) is -0.524. The Balaban J connectivity index is 1.92. The molecule has 0 saturated heterocycles. The van der Waals surface area contributed by atoms with E-state index in [1.165, 1.54) is 18.2 Å². The van der Waals surface area contributed by atoms with E-state index >= 15 is 0 Å². The lowest BCUT2D eigenvalue weighted by atomic mass is 10.1. The molecule has 1 heterocycles. The van der Waals surface area contributed by atoms with E-state index in [1.54, 1.807) is 24.3 Å². The molecule has 0 fully saturated rings. The number of benzene rings is 2. The number of hydrogen-bond acceptors (Lipinski definition) is 3. The molecule has 1 amide bonds. The Morgan fingerprint density at radius 3 is 2.84 bits per heavy atom. The van der Waals surface area contributed by atoms with Crippen molar-refractivity contribution in [2.45, 2.75) is 6.04 Å². The molecule has 0 saturated carbocycles. The first-order valence-corrected chi connectivity index (χ1v) is 5.79. The van der Waals surface area contributed by atoms with Gasteiger partial charge in [-0.15, -0.1) is 0 Å². The molecule has 96 valence electrons. The van der Waals surface area contributed by atoms with Gasteiger partial charge in [-0.25, -0.2) is 4.39 Å². The number of carbonyl (C=O) groups is 1. The van der Waals surface area contributed by atoms with Gasteiger partial charge in [0.1, 0.15) is 17.6 Å². The third-order valence-electron chi connectivity index (χ3n) is 3.00. The van der Waals surface area contributed by atoms with Gasteiger partial charge >= 0.3 is 0 Å². The fraction of sp³-hybridized carbons (Fsp3) is 0.0714. The fourth-order valence-corrected chi connectivity index (χ4v) is 2.14. The number of aromatic hydroxyl groups is 1. The van der Waals surface area contributed by atoms with Crippen LogP contribution in [0.15, 0.2) is 42.5 Å². The van der Waals surface area contributed by atoms with Gasteiger partial charge in [0.15, 0.2) is 0 Å². The van der Waals surface area contributed by atoms with Gasteiger partial charge in [0, 0.05) is 23.0 Å². The molecule has 4 nitrogen and oxygen atoms in total. The summed E-state index contributed by atoms with van der Waals surface area (Å²) in [5, 5.41) is 15.0. The molecular formula is C14H11FN2O2. The number of anilines is 2. The van der Waals surface area contributed by atoms with Crippen LogP contribution in [0.5, 0.6) is 5.75 Å². The summed E-state index contributed by atoms with van der Waals surface area (Å²) in [6.45, 7) is 0. The highest BCUT2D eigenvalue weighted by atomic mass is 19.1. The Bertz CT molecular complexity index is 658. The molecule has 5 heteroatoms. The van der Waals surface area contributed by atoms with E-state index in [-0.39, 0.29) is 11.7 Å². The van der Waals surface area contributed by atoms with Crippen molar-refractivity contribution >= 4 is 17.3 Å². The Kier molecular flexibility index (Phi) is 2.59. The van der Waals surface area contributed by atoms with Gasteiger partial charge in [-0.1, -0.05) is 12.1 Å². The van der Waals surface area contributed by atoms with E-state index in [0.717, 1.165) is 0 Å². The lowest BCUT2D eigenvalue weighted by molar-refractivity contribution is -0.116. The average molecular weight is 258 g/mol. The molecule has 2 aromatic rings. The summed E-state index contributed by atoms with van der Waals surface area (Å²) in [6.07, 6.45) is 0. The minimum atomic E-state index is -0.586. The van der Waals surface area contributed by atoms with Crippen molar-refractivity contribution in [2.75, 3.05) is 10.6 Å². The third kappa shape index (κ3) is 2.10. The average Bonchev–Trinajstić information content (AvgIpc) is 2.65. The molecule has 1 unspecified atom stereocenters. The van der Waals surface area contributed by atoms with Crippen LogP contribution in [0.4, 0.5) is 15.8 Å². The van der Waals surface area contributed by atoms with Gasteiger partial charge in [0.25, 0.3) is 5.91 Å². The second-order valence-corrected chi connectivity index (χ2v) is 4.35. The number of hydrogen-bond donors (Lipinski definition) is 3. The van der Waals surface area contributed by atoms with Crippen LogP contribution in [0.1, 0.15) is 11.6 Å². The molecule has 1 atom stereocenters. The van der Waals surface area contributed by atoms with Gasteiger partial charge in [-0.05, 0) is 24.3 Å². The van der Waals surface area contributed by atoms with Crippen LogP contribution in [-0.2, 0) is 4.79 Å². The SMILES string of the molecule is O=C1Nc2cc(F)ccc2C1Nc1cccc(O)c1. The van der Waals surface area contributed by atoms with Gasteiger partial charge in [0.2, 0.25) is 0 Å². The summed E-state index contributed by atoms with van der Waals surface area (Å²) in [5.41, 5.74) is 1.79. The van der Waals surface area contributed by atoms with E-state index in [0.29, 0.717) is 16.9 Å². The van der Waals surface area contributed by atoms with Gasteiger partial charge < -0.3 is 15.7 Å².